The Kier molecular flexibility index (Phi) is 20.8. The van der Waals surface area contributed by atoms with Gasteiger partial charge in [0.25, 0.3) is 0 Å². The molecule has 646 valence electrons. The van der Waals surface area contributed by atoms with Gasteiger partial charge in [-0.3, -0.25) is 0 Å². The first-order valence-corrected chi connectivity index (χ1v) is 47.6. The molecule has 0 aliphatic heterocycles. The second kappa shape index (κ2) is 34.5. The highest BCUT2D eigenvalue weighted by atomic mass is 35.5. The number of aromatic nitrogens is 4. The van der Waals surface area contributed by atoms with E-state index in [2.05, 4.69) is 419 Å². The lowest BCUT2D eigenvalue weighted by Crippen LogP contribution is -1.97. The van der Waals surface area contributed by atoms with Crippen LogP contribution in [-0.2, 0) is 0 Å². The molecule has 5 aromatic heterocycles. The maximum atomic E-state index is 6.34. The number of benzene rings is 23. The van der Waals surface area contributed by atoms with Gasteiger partial charge in [0.2, 0.25) is 0 Å². The van der Waals surface area contributed by atoms with Crippen LogP contribution in [0.4, 0.5) is 0 Å². The number of hydrogen-bond acceptors (Lipinski definition) is 1. The summed E-state index contributed by atoms with van der Waals surface area (Å²) in [6, 6.07) is 172. The SMILES string of the molecule is Clc1cccc(-c2ccc3c4ccccc4n(-c4ccc5c(c4)oc4ccccc45)c3c2)c1.Clc1cccc(-c2ccc3c4ccccc4n(-c4ccc5c6ccccc6c6ccccc6c5c4)c3c2)c1.Clc1cccc(-c2ccc3c4ccccc4n(-c4ccc5ccc6ccccc6c5c4)c3c2)c1.Clc1cccc(-c2ccc3c4ccccc4n(-c4ccccc4-c4ccccc4)c3c2)c1. The van der Waals surface area contributed by atoms with Crippen LogP contribution in [0.5, 0.6) is 0 Å². The third-order valence-electron chi connectivity index (χ3n) is 27.2. The average Bonchev–Trinajstić information content (AvgIpc) is 1.64. The van der Waals surface area contributed by atoms with Crippen LogP contribution in [0, 0.1) is 0 Å². The van der Waals surface area contributed by atoms with Crippen LogP contribution in [0.15, 0.2) is 490 Å². The van der Waals surface area contributed by atoms with Gasteiger partial charge in [-0.05, 0) is 250 Å². The summed E-state index contributed by atoms with van der Waals surface area (Å²) >= 11 is 25.2. The van der Waals surface area contributed by atoms with Gasteiger partial charge in [0.1, 0.15) is 11.2 Å². The van der Waals surface area contributed by atoms with Crippen LogP contribution in [0.3, 0.4) is 0 Å². The van der Waals surface area contributed by atoms with Crippen molar-refractivity contribution in [2.24, 2.45) is 0 Å². The molecule has 0 aliphatic carbocycles. The first-order chi connectivity index (χ1) is 67.6. The van der Waals surface area contributed by atoms with E-state index in [1.807, 2.05) is 84.9 Å². The summed E-state index contributed by atoms with van der Waals surface area (Å²) in [5.74, 6) is 0. The van der Waals surface area contributed by atoms with Crippen molar-refractivity contribution in [3.8, 4) is 78.4 Å². The molecule has 0 unspecified atom stereocenters. The van der Waals surface area contributed by atoms with Crippen LogP contribution in [0.2, 0.25) is 20.1 Å². The van der Waals surface area contributed by atoms with Crippen molar-refractivity contribution in [3.05, 3.63) is 505 Å². The lowest BCUT2D eigenvalue weighted by Gasteiger charge is -2.14. The van der Waals surface area contributed by atoms with E-state index in [0.717, 1.165) is 103 Å². The third-order valence-corrected chi connectivity index (χ3v) is 28.1. The number of nitrogens with zero attached hydrogens (tertiary/aromatic N) is 4. The van der Waals surface area contributed by atoms with E-state index in [-0.39, 0.29) is 0 Å². The van der Waals surface area contributed by atoms with Crippen molar-refractivity contribution in [3.63, 3.8) is 0 Å². The molecule has 0 amide bonds. The van der Waals surface area contributed by atoms with Crippen LogP contribution < -0.4 is 0 Å². The highest BCUT2D eigenvalue weighted by Crippen LogP contribution is 2.46. The van der Waals surface area contributed by atoms with Gasteiger partial charge in [-0.2, -0.15) is 0 Å². The highest BCUT2D eigenvalue weighted by molar-refractivity contribution is 6.32. The summed E-state index contributed by atoms with van der Waals surface area (Å²) < 4.78 is 15.7. The minimum absolute atomic E-state index is 0.739. The Balaban J connectivity index is 0.0000000972. The Morgan fingerprint density at radius 1 is 0.146 bits per heavy atom. The molecule has 28 rings (SSSR count). The van der Waals surface area contributed by atoms with Crippen molar-refractivity contribution < 1.29 is 4.42 Å². The summed E-state index contributed by atoms with van der Waals surface area (Å²) in [5.41, 5.74) is 27.4. The minimum Gasteiger partial charge on any atom is -0.456 e. The van der Waals surface area contributed by atoms with Gasteiger partial charge >= 0.3 is 0 Å². The molecule has 0 fully saturated rings. The van der Waals surface area contributed by atoms with Gasteiger partial charge in [0, 0.05) is 103 Å². The monoisotopic (exact) mass is 1830 g/mol. The second-order valence-corrected chi connectivity index (χ2v) is 36.8. The molecule has 0 aliphatic rings. The van der Waals surface area contributed by atoms with Gasteiger partial charge in [-0.1, -0.05) is 380 Å². The summed E-state index contributed by atoms with van der Waals surface area (Å²) in [4.78, 5) is 0. The van der Waals surface area contributed by atoms with Crippen LogP contribution in [0.1, 0.15) is 0 Å². The zero-order chi connectivity index (χ0) is 91.3. The molecule has 5 nitrogen and oxygen atoms in total. The molecule has 9 heteroatoms. The summed E-state index contributed by atoms with van der Waals surface area (Å²) in [7, 11) is 0. The number of para-hydroxylation sites is 6. The topological polar surface area (TPSA) is 32.9 Å². The molecule has 0 N–H and O–H groups in total. The standard InChI is InChI=1S/C36H22ClN.C32H20ClN.C30H18ClNO.C30H20ClN/c37-25-9-7-8-23(20-25)24-16-18-33-32-14-5-6-15-35(32)38(36(33)21-24)26-17-19-31-29-12-2-1-10-27(29)28-11-3-4-13-30(28)34(31)22-26;33-25-8-5-7-23(18-25)24-15-17-29-28-10-3-4-11-31(28)34(32(29)19-24)26-16-14-22-13-12-21-6-1-2-9-27(21)30(22)20-26;31-21-7-5-6-19(16-21)20-12-14-24-23-8-1-3-10-27(23)32(28(24)17-20)22-13-15-26-25-9-2-4-11-29(25)33-30(26)18-22;31-24-12-8-11-22(19-24)23-17-18-27-26-14-5-7-16-29(26)32(30(27)20-23)28-15-6-4-13-25(28)21-9-2-1-3-10-21/h1-22H;1-20H;1-18H;1-20H. The molecule has 5 heterocycles. The van der Waals surface area contributed by atoms with E-state index in [1.54, 1.807) is 0 Å². The molecule has 0 saturated carbocycles. The summed E-state index contributed by atoms with van der Waals surface area (Å²) in [6.45, 7) is 0. The predicted octanol–water partition coefficient (Wildman–Crippen LogP) is 37.7. The Hall–Kier alpha value is -16.5. The average molecular weight is 1830 g/mol. The molecule has 0 spiro atoms. The normalized spacial score (nSPS) is 11.6. The Bertz CT molecular complexity index is 9680. The smallest absolute Gasteiger partial charge is 0.137 e. The second-order valence-electron chi connectivity index (χ2n) is 35.1. The van der Waals surface area contributed by atoms with E-state index < -0.39 is 0 Å². The largest absolute Gasteiger partial charge is 0.456 e. The van der Waals surface area contributed by atoms with Crippen molar-refractivity contribution >= 4 is 209 Å². The lowest BCUT2D eigenvalue weighted by molar-refractivity contribution is 0.668. The molecule has 23 aromatic carbocycles. The summed E-state index contributed by atoms with van der Waals surface area (Å²) in [5, 5.41) is 28.0. The minimum atomic E-state index is 0.739. The maximum absolute atomic E-state index is 6.34. The van der Waals surface area contributed by atoms with E-state index >= 15 is 0 Å². The Morgan fingerprint density at radius 2 is 0.431 bits per heavy atom. The van der Waals surface area contributed by atoms with Gasteiger partial charge in [0.05, 0.1) is 49.8 Å². The fraction of sp³-hybridized carbons (Fsp3) is 0. The molecule has 0 atom stereocenters. The van der Waals surface area contributed by atoms with Gasteiger partial charge in [0.15, 0.2) is 0 Å². The fourth-order valence-corrected chi connectivity index (χ4v) is 21.7. The lowest BCUT2D eigenvalue weighted by atomic mass is 9.94. The molecule has 0 saturated heterocycles. The number of halogens is 4. The Morgan fingerprint density at radius 3 is 0.883 bits per heavy atom. The Labute approximate surface area is 809 Å². The van der Waals surface area contributed by atoms with E-state index in [9.17, 15) is 0 Å². The number of hydrogen-bond donors (Lipinski definition) is 0. The number of fused-ring (bicyclic) bond motifs is 24. The quantitative estimate of drug-likeness (QED) is 0.133. The van der Waals surface area contributed by atoms with Gasteiger partial charge in [-0.25, -0.2) is 0 Å². The van der Waals surface area contributed by atoms with Crippen molar-refractivity contribution in [2.45, 2.75) is 0 Å². The highest BCUT2D eigenvalue weighted by Gasteiger charge is 2.23. The molecular formula is C128H80Cl4N4O. The fourth-order valence-electron chi connectivity index (χ4n) is 20.9. The van der Waals surface area contributed by atoms with Gasteiger partial charge < -0.3 is 22.7 Å². The first-order valence-electron chi connectivity index (χ1n) is 46.1. The van der Waals surface area contributed by atoms with Gasteiger partial charge in [-0.15, -0.1) is 0 Å². The molecule has 137 heavy (non-hydrogen) atoms. The molecule has 0 radical (unpaired) electrons. The molecular weight excluding hydrogens is 1750 g/mol. The molecule has 28 aromatic rings. The zero-order valence-electron chi connectivity index (χ0n) is 73.9. The van der Waals surface area contributed by atoms with E-state index in [0.29, 0.717) is 0 Å². The van der Waals surface area contributed by atoms with E-state index in [1.165, 1.54) is 158 Å². The number of furan rings is 1. The van der Waals surface area contributed by atoms with Crippen LogP contribution >= 0.6 is 46.4 Å². The van der Waals surface area contributed by atoms with Crippen molar-refractivity contribution in [1.29, 1.82) is 0 Å². The maximum Gasteiger partial charge on any atom is 0.137 e. The zero-order valence-corrected chi connectivity index (χ0v) is 76.9. The van der Waals surface area contributed by atoms with E-state index in [4.69, 9.17) is 50.8 Å². The van der Waals surface area contributed by atoms with Crippen LogP contribution in [-0.4, -0.2) is 18.3 Å². The van der Waals surface area contributed by atoms with Crippen molar-refractivity contribution in [2.75, 3.05) is 0 Å². The van der Waals surface area contributed by atoms with Crippen LogP contribution in [0.25, 0.3) is 241 Å². The number of rotatable bonds is 9. The summed E-state index contributed by atoms with van der Waals surface area (Å²) in [6.07, 6.45) is 0. The van der Waals surface area contributed by atoms with Crippen molar-refractivity contribution in [1.82, 2.24) is 18.3 Å². The first kappa shape index (κ1) is 82.4. The molecule has 0 bridgehead atoms. The predicted molar refractivity (Wildman–Crippen MR) is 585 cm³/mol. The third kappa shape index (κ3) is 14.8.